The second kappa shape index (κ2) is 9.40. The van der Waals surface area contributed by atoms with Gasteiger partial charge in [0.2, 0.25) is 0 Å². The van der Waals surface area contributed by atoms with Gasteiger partial charge >= 0.3 is 0 Å². The lowest BCUT2D eigenvalue weighted by molar-refractivity contribution is 1.19. The molecule has 0 unspecified atom stereocenters. The molecule has 0 atom stereocenters. The number of rotatable bonds is 3. The minimum atomic E-state index is 0.943. The van der Waals surface area contributed by atoms with Gasteiger partial charge in [-0.1, -0.05) is 127 Å². The van der Waals surface area contributed by atoms with Crippen molar-refractivity contribution in [2.75, 3.05) is 0 Å². The Morgan fingerprint density at radius 1 is 0.372 bits per heavy atom. The van der Waals surface area contributed by atoms with Crippen LogP contribution in [0.15, 0.2) is 158 Å². The standard InChI is InChI=1S/C41H26N2/c1-2-10-27(11-3-1)30-22-23-40-42-39(26-43(40)25-30)29-20-18-28(19-21-29)37-24-38-33-14-5-4-12-31(33)32-13-6-8-16-35(32)41(38)36-17-9-7-15-34(36)37/h1-26H. The maximum atomic E-state index is 4.94. The molecule has 0 saturated heterocycles. The number of hydrogen-bond acceptors (Lipinski definition) is 1. The van der Waals surface area contributed by atoms with Crippen molar-refractivity contribution < 1.29 is 0 Å². The normalized spacial score (nSPS) is 11.7. The minimum Gasteiger partial charge on any atom is -0.306 e. The first-order chi connectivity index (χ1) is 21.3. The van der Waals surface area contributed by atoms with Gasteiger partial charge in [0.25, 0.3) is 0 Å². The molecule has 2 heteroatoms. The third-order valence-electron chi connectivity index (χ3n) is 8.80. The lowest BCUT2D eigenvalue weighted by Crippen LogP contribution is -1.88. The molecule has 0 aliphatic heterocycles. The summed E-state index contributed by atoms with van der Waals surface area (Å²) >= 11 is 0. The molecule has 9 aromatic rings. The summed E-state index contributed by atoms with van der Waals surface area (Å²) < 4.78 is 2.12. The van der Waals surface area contributed by atoms with E-state index in [1.807, 2.05) is 6.07 Å². The number of pyridine rings is 1. The highest BCUT2D eigenvalue weighted by Gasteiger charge is 2.15. The Morgan fingerprint density at radius 2 is 0.907 bits per heavy atom. The van der Waals surface area contributed by atoms with Crippen LogP contribution in [0.25, 0.3) is 82.2 Å². The molecule has 0 aliphatic carbocycles. The van der Waals surface area contributed by atoms with Gasteiger partial charge in [0.1, 0.15) is 5.65 Å². The molecule has 9 rings (SSSR count). The van der Waals surface area contributed by atoms with Crippen molar-refractivity contribution >= 4 is 48.7 Å². The molecule has 0 bridgehead atoms. The summed E-state index contributed by atoms with van der Waals surface area (Å²) in [5, 5.41) is 10.4. The molecule has 0 aliphatic rings. The Labute approximate surface area is 249 Å². The highest BCUT2D eigenvalue weighted by Crippen LogP contribution is 2.42. The maximum absolute atomic E-state index is 4.94. The Hall–Kier alpha value is -5.73. The summed E-state index contributed by atoms with van der Waals surface area (Å²) in [6.45, 7) is 0. The van der Waals surface area contributed by atoms with Crippen LogP contribution in [0.2, 0.25) is 0 Å². The topological polar surface area (TPSA) is 17.3 Å². The molecule has 200 valence electrons. The van der Waals surface area contributed by atoms with E-state index in [4.69, 9.17) is 4.98 Å². The van der Waals surface area contributed by atoms with Crippen LogP contribution in [0.5, 0.6) is 0 Å². The third kappa shape index (κ3) is 3.77. The van der Waals surface area contributed by atoms with Gasteiger partial charge in [-0.05, 0) is 83.5 Å². The SMILES string of the molecule is c1ccc(-c2ccc3nc(-c4ccc(-c5cc6c7ccccc7c7ccccc7c6c6ccccc56)cc4)cn3c2)cc1. The highest BCUT2D eigenvalue weighted by molar-refractivity contribution is 6.33. The van der Waals surface area contributed by atoms with Crippen molar-refractivity contribution in [3.63, 3.8) is 0 Å². The molecule has 0 fully saturated rings. The molecule has 7 aromatic carbocycles. The second-order valence-corrected chi connectivity index (χ2v) is 11.2. The van der Waals surface area contributed by atoms with Crippen molar-refractivity contribution in [1.82, 2.24) is 9.38 Å². The largest absolute Gasteiger partial charge is 0.306 e. The van der Waals surface area contributed by atoms with E-state index in [0.717, 1.165) is 16.9 Å². The number of hydrogen-bond donors (Lipinski definition) is 0. The van der Waals surface area contributed by atoms with Crippen LogP contribution < -0.4 is 0 Å². The van der Waals surface area contributed by atoms with Crippen LogP contribution in [-0.4, -0.2) is 9.38 Å². The van der Waals surface area contributed by atoms with Crippen molar-refractivity contribution in [3.05, 3.63) is 158 Å². The van der Waals surface area contributed by atoms with E-state index in [1.165, 1.54) is 65.3 Å². The minimum absolute atomic E-state index is 0.943. The van der Waals surface area contributed by atoms with E-state index in [9.17, 15) is 0 Å². The average Bonchev–Trinajstić information content (AvgIpc) is 3.52. The van der Waals surface area contributed by atoms with Gasteiger partial charge in [-0.3, -0.25) is 0 Å². The van der Waals surface area contributed by atoms with E-state index in [-0.39, 0.29) is 0 Å². The van der Waals surface area contributed by atoms with Crippen LogP contribution >= 0.6 is 0 Å². The van der Waals surface area contributed by atoms with Crippen molar-refractivity contribution in [3.8, 4) is 33.5 Å². The Bertz CT molecular complexity index is 2490. The summed E-state index contributed by atoms with van der Waals surface area (Å²) in [5.74, 6) is 0. The van der Waals surface area contributed by atoms with Crippen molar-refractivity contribution in [2.24, 2.45) is 0 Å². The van der Waals surface area contributed by atoms with E-state index in [0.29, 0.717) is 0 Å². The van der Waals surface area contributed by atoms with Crippen LogP contribution in [0.3, 0.4) is 0 Å². The molecule has 0 radical (unpaired) electrons. The molecule has 0 saturated carbocycles. The van der Waals surface area contributed by atoms with Crippen molar-refractivity contribution in [2.45, 2.75) is 0 Å². The van der Waals surface area contributed by atoms with Gasteiger partial charge in [0.05, 0.1) is 5.69 Å². The van der Waals surface area contributed by atoms with Crippen LogP contribution in [0.4, 0.5) is 0 Å². The lowest BCUT2D eigenvalue weighted by atomic mass is 9.87. The molecule has 2 nitrogen and oxygen atoms in total. The summed E-state index contributed by atoms with van der Waals surface area (Å²) in [7, 11) is 0. The van der Waals surface area contributed by atoms with Gasteiger partial charge in [-0.2, -0.15) is 0 Å². The zero-order chi connectivity index (χ0) is 28.3. The lowest BCUT2D eigenvalue weighted by Gasteiger charge is -2.16. The van der Waals surface area contributed by atoms with Gasteiger partial charge in [0, 0.05) is 18.0 Å². The predicted octanol–water partition coefficient (Wildman–Crippen LogP) is 10.9. The number of aromatic nitrogens is 2. The Morgan fingerprint density at radius 3 is 1.63 bits per heavy atom. The van der Waals surface area contributed by atoms with E-state index in [1.54, 1.807) is 0 Å². The smallest absolute Gasteiger partial charge is 0.137 e. The molecular formula is C41H26N2. The molecule has 2 aromatic heterocycles. The van der Waals surface area contributed by atoms with Gasteiger partial charge in [0.15, 0.2) is 0 Å². The quantitative estimate of drug-likeness (QED) is 0.201. The van der Waals surface area contributed by atoms with Gasteiger partial charge in [-0.15, -0.1) is 0 Å². The fraction of sp³-hybridized carbons (Fsp3) is 0. The van der Waals surface area contributed by atoms with Gasteiger partial charge < -0.3 is 4.40 Å². The van der Waals surface area contributed by atoms with Crippen LogP contribution in [0, 0.1) is 0 Å². The highest BCUT2D eigenvalue weighted by atomic mass is 15.0. The number of benzene rings is 7. The Kier molecular flexibility index (Phi) is 5.23. The fourth-order valence-electron chi connectivity index (χ4n) is 6.76. The molecule has 0 N–H and O–H groups in total. The van der Waals surface area contributed by atoms with E-state index < -0.39 is 0 Å². The van der Waals surface area contributed by atoms with Gasteiger partial charge in [-0.25, -0.2) is 4.98 Å². The van der Waals surface area contributed by atoms with Crippen LogP contribution in [0.1, 0.15) is 0 Å². The maximum Gasteiger partial charge on any atom is 0.137 e. The first kappa shape index (κ1) is 23.9. The van der Waals surface area contributed by atoms with E-state index in [2.05, 4.69) is 156 Å². The first-order valence-corrected chi connectivity index (χ1v) is 14.7. The van der Waals surface area contributed by atoms with Crippen LogP contribution in [-0.2, 0) is 0 Å². The third-order valence-corrected chi connectivity index (χ3v) is 8.80. The zero-order valence-corrected chi connectivity index (χ0v) is 23.4. The molecule has 2 heterocycles. The Balaban J connectivity index is 1.20. The zero-order valence-electron chi connectivity index (χ0n) is 23.4. The molecular weight excluding hydrogens is 520 g/mol. The molecule has 43 heavy (non-hydrogen) atoms. The fourth-order valence-corrected chi connectivity index (χ4v) is 6.76. The first-order valence-electron chi connectivity index (χ1n) is 14.7. The number of fused-ring (bicyclic) bond motifs is 9. The van der Waals surface area contributed by atoms with E-state index >= 15 is 0 Å². The number of nitrogens with zero attached hydrogens (tertiary/aromatic N) is 2. The molecule has 0 amide bonds. The monoisotopic (exact) mass is 546 g/mol. The average molecular weight is 547 g/mol. The summed E-state index contributed by atoms with van der Waals surface area (Å²) in [6.07, 6.45) is 4.28. The molecule has 0 spiro atoms. The number of imidazole rings is 1. The second-order valence-electron chi connectivity index (χ2n) is 11.2. The predicted molar refractivity (Wildman–Crippen MR) is 182 cm³/mol. The summed E-state index contributed by atoms with van der Waals surface area (Å²) in [6, 6.07) is 52.4. The summed E-state index contributed by atoms with van der Waals surface area (Å²) in [4.78, 5) is 4.94. The van der Waals surface area contributed by atoms with Crippen molar-refractivity contribution in [1.29, 1.82) is 0 Å². The summed E-state index contributed by atoms with van der Waals surface area (Å²) in [5.41, 5.74) is 7.85.